The van der Waals surface area contributed by atoms with Crippen LogP contribution in [0.2, 0.25) is 0 Å². The van der Waals surface area contributed by atoms with Crippen molar-refractivity contribution in [2.24, 2.45) is 5.92 Å². The molecule has 2 amide bonds. The van der Waals surface area contributed by atoms with Crippen molar-refractivity contribution in [1.29, 1.82) is 0 Å². The van der Waals surface area contributed by atoms with Crippen LogP contribution in [0, 0.1) is 12.8 Å². The highest BCUT2D eigenvalue weighted by atomic mass is 16.2. The Hall–Kier alpha value is -2.50. The summed E-state index contributed by atoms with van der Waals surface area (Å²) in [5.74, 6) is 0.567. The maximum atomic E-state index is 12.5. The number of piperidine rings is 1. The number of nitrogens with zero attached hydrogens (tertiary/aromatic N) is 2. The van der Waals surface area contributed by atoms with Gasteiger partial charge in [0.25, 0.3) is 5.56 Å². The number of rotatable bonds is 1. The maximum Gasteiger partial charge on any atom is 0.262 e. The second-order valence-corrected chi connectivity index (χ2v) is 6.55. The summed E-state index contributed by atoms with van der Waals surface area (Å²) in [6, 6.07) is 6.35. The molecule has 1 atom stereocenters. The van der Waals surface area contributed by atoms with Gasteiger partial charge in [-0.05, 0) is 31.4 Å². The predicted octanol–water partition coefficient (Wildman–Crippen LogP) is 2.34. The molecule has 1 fully saturated rings. The number of amides is 2. The van der Waals surface area contributed by atoms with Crippen molar-refractivity contribution < 1.29 is 9.59 Å². The van der Waals surface area contributed by atoms with Crippen LogP contribution in [0.5, 0.6) is 0 Å². The van der Waals surface area contributed by atoms with Gasteiger partial charge in [-0.25, -0.2) is 4.98 Å². The van der Waals surface area contributed by atoms with Crippen LogP contribution in [0.15, 0.2) is 29.1 Å². The normalized spacial score (nSPS) is 17.5. The zero-order valence-electron chi connectivity index (χ0n) is 14.5. The Labute approximate surface area is 140 Å². The average Bonchev–Trinajstić information content (AvgIpc) is 2.49. The van der Waals surface area contributed by atoms with Crippen LogP contribution in [-0.4, -0.2) is 21.4 Å². The van der Waals surface area contributed by atoms with Crippen LogP contribution in [0.25, 0.3) is 10.9 Å². The average molecular weight is 329 g/mol. The summed E-state index contributed by atoms with van der Waals surface area (Å²) in [4.78, 5) is 40.0. The van der Waals surface area contributed by atoms with Crippen molar-refractivity contribution in [3.63, 3.8) is 0 Å². The van der Waals surface area contributed by atoms with Gasteiger partial charge in [0.05, 0.1) is 10.9 Å². The Morgan fingerprint density at radius 3 is 2.42 bits per heavy atom. The Morgan fingerprint density at radius 2 is 1.79 bits per heavy atom. The minimum atomic E-state index is -0.669. The molecular weight excluding hydrogens is 306 g/mol. The van der Waals surface area contributed by atoms with E-state index in [9.17, 15) is 14.4 Å². The van der Waals surface area contributed by atoms with E-state index >= 15 is 0 Å². The first kappa shape index (κ1) is 17.8. The lowest BCUT2D eigenvalue weighted by Crippen LogP contribution is -2.45. The number of imide groups is 1. The molecule has 3 rings (SSSR count). The molecule has 24 heavy (non-hydrogen) atoms. The second-order valence-electron chi connectivity index (χ2n) is 6.55. The summed E-state index contributed by atoms with van der Waals surface area (Å²) in [5.41, 5.74) is 0.362. The number of para-hydroxylation sites is 1. The zero-order valence-corrected chi connectivity index (χ0v) is 14.5. The van der Waals surface area contributed by atoms with Gasteiger partial charge in [0.1, 0.15) is 11.9 Å². The summed E-state index contributed by atoms with van der Waals surface area (Å²) in [5, 5.41) is 2.74. The molecule has 128 valence electrons. The smallest absolute Gasteiger partial charge is 0.262 e. The lowest BCUT2D eigenvalue weighted by Gasteiger charge is -2.24. The van der Waals surface area contributed by atoms with Crippen molar-refractivity contribution in [2.45, 2.75) is 46.6 Å². The van der Waals surface area contributed by atoms with Gasteiger partial charge in [0, 0.05) is 6.42 Å². The molecule has 2 aromatic rings. The molecular formula is C18H23N3O3. The van der Waals surface area contributed by atoms with Gasteiger partial charge >= 0.3 is 0 Å². The van der Waals surface area contributed by atoms with Gasteiger partial charge < -0.3 is 0 Å². The molecule has 1 N–H and O–H groups in total. The topological polar surface area (TPSA) is 81.1 Å². The Kier molecular flexibility index (Phi) is 5.49. The first-order valence-electron chi connectivity index (χ1n) is 8.12. The SMILES string of the molecule is CC(C)C.Cc1nc2ccccc2c(=O)n1C1CCC(=O)NC1=O. The summed E-state index contributed by atoms with van der Waals surface area (Å²) in [6.45, 7) is 8.19. The van der Waals surface area contributed by atoms with Crippen LogP contribution in [0.3, 0.4) is 0 Å². The number of carbonyl (C=O) groups excluding carboxylic acids is 2. The molecule has 6 nitrogen and oxygen atoms in total. The highest BCUT2D eigenvalue weighted by Gasteiger charge is 2.30. The largest absolute Gasteiger partial charge is 0.295 e. The van der Waals surface area contributed by atoms with Crippen molar-refractivity contribution >= 4 is 22.7 Å². The van der Waals surface area contributed by atoms with E-state index in [2.05, 4.69) is 31.1 Å². The Balaban J connectivity index is 0.000000471. The third-order valence-electron chi connectivity index (χ3n) is 3.51. The van der Waals surface area contributed by atoms with E-state index in [0.29, 0.717) is 23.1 Å². The zero-order chi connectivity index (χ0) is 17.9. The van der Waals surface area contributed by atoms with Crippen LogP contribution in [-0.2, 0) is 9.59 Å². The molecule has 1 aliphatic rings. The van der Waals surface area contributed by atoms with E-state index in [1.807, 2.05) is 6.07 Å². The first-order valence-corrected chi connectivity index (χ1v) is 8.12. The number of aromatic nitrogens is 2. The van der Waals surface area contributed by atoms with Crippen molar-refractivity contribution in [3.05, 3.63) is 40.4 Å². The maximum absolute atomic E-state index is 12.5. The van der Waals surface area contributed by atoms with Crippen LogP contribution >= 0.6 is 0 Å². The van der Waals surface area contributed by atoms with Crippen molar-refractivity contribution in [3.8, 4) is 0 Å². The van der Waals surface area contributed by atoms with Gasteiger partial charge in [-0.1, -0.05) is 32.9 Å². The number of benzene rings is 1. The number of fused-ring (bicyclic) bond motifs is 1. The lowest BCUT2D eigenvalue weighted by molar-refractivity contribution is -0.135. The molecule has 1 unspecified atom stereocenters. The number of nitrogens with one attached hydrogen (secondary N) is 1. The molecule has 2 heterocycles. The van der Waals surface area contributed by atoms with E-state index in [1.165, 1.54) is 4.57 Å². The summed E-state index contributed by atoms with van der Waals surface area (Å²) < 4.78 is 1.38. The fourth-order valence-electron chi connectivity index (χ4n) is 2.55. The molecule has 1 aliphatic heterocycles. The van der Waals surface area contributed by atoms with Crippen LogP contribution in [0.4, 0.5) is 0 Å². The van der Waals surface area contributed by atoms with E-state index in [1.54, 1.807) is 25.1 Å². The number of hydrogen-bond acceptors (Lipinski definition) is 4. The van der Waals surface area contributed by atoms with Gasteiger partial charge in [-0.15, -0.1) is 0 Å². The van der Waals surface area contributed by atoms with Crippen molar-refractivity contribution in [2.75, 3.05) is 0 Å². The third kappa shape index (κ3) is 3.88. The Bertz CT molecular complexity index is 821. The quantitative estimate of drug-likeness (QED) is 0.814. The van der Waals surface area contributed by atoms with Crippen LogP contribution in [0.1, 0.15) is 45.5 Å². The number of aryl methyl sites for hydroxylation is 1. The summed E-state index contributed by atoms with van der Waals surface area (Å²) in [6.07, 6.45) is 0.556. The standard InChI is InChI=1S/C14H13N3O3.C4H10/c1-8-15-10-5-3-2-4-9(10)14(20)17(8)11-6-7-12(18)16-13(11)19;1-4(2)3/h2-5,11H,6-7H2,1H3,(H,16,18,19);4H,1-3H3. The summed E-state index contributed by atoms with van der Waals surface area (Å²) >= 11 is 0. The van der Waals surface area contributed by atoms with Gasteiger partial charge in [0.15, 0.2) is 0 Å². The van der Waals surface area contributed by atoms with Gasteiger partial charge in [0.2, 0.25) is 11.8 Å². The fourth-order valence-corrected chi connectivity index (χ4v) is 2.55. The predicted molar refractivity (Wildman–Crippen MR) is 92.7 cm³/mol. The molecule has 0 saturated carbocycles. The van der Waals surface area contributed by atoms with Gasteiger partial charge in [-0.3, -0.25) is 24.3 Å². The molecule has 0 spiro atoms. The summed E-state index contributed by atoms with van der Waals surface area (Å²) in [7, 11) is 0. The van der Waals surface area contributed by atoms with Gasteiger partial charge in [-0.2, -0.15) is 0 Å². The third-order valence-corrected chi connectivity index (χ3v) is 3.51. The molecule has 0 bridgehead atoms. The van der Waals surface area contributed by atoms with E-state index < -0.39 is 11.9 Å². The van der Waals surface area contributed by atoms with Crippen LogP contribution < -0.4 is 10.9 Å². The molecule has 1 aromatic heterocycles. The second kappa shape index (κ2) is 7.38. The minimum Gasteiger partial charge on any atom is -0.295 e. The van der Waals surface area contributed by atoms with Crippen molar-refractivity contribution in [1.82, 2.24) is 14.9 Å². The first-order chi connectivity index (χ1) is 11.3. The molecule has 0 radical (unpaired) electrons. The highest BCUT2D eigenvalue weighted by molar-refractivity contribution is 5.99. The number of carbonyl (C=O) groups is 2. The van der Waals surface area contributed by atoms with E-state index in [4.69, 9.17) is 0 Å². The Morgan fingerprint density at radius 1 is 1.17 bits per heavy atom. The number of hydrogen-bond donors (Lipinski definition) is 1. The molecule has 1 saturated heterocycles. The van der Waals surface area contributed by atoms with E-state index in [-0.39, 0.29) is 17.9 Å². The molecule has 0 aliphatic carbocycles. The molecule has 1 aromatic carbocycles. The lowest BCUT2D eigenvalue weighted by atomic mass is 10.1. The van der Waals surface area contributed by atoms with E-state index in [0.717, 1.165) is 5.92 Å². The fraction of sp³-hybridized carbons (Fsp3) is 0.444. The molecule has 6 heteroatoms. The monoisotopic (exact) mass is 329 g/mol. The minimum absolute atomic E-state index is 0.231. The highest BCUT2D eigenvalue weighted by Crippen LogP contribution is 2.19.